The van der Waals surface area contributed by atoms with Crippen LogP contribution in [0.5, 0.6) is 0 Å². The number of benzene rings is 3. The molecule has 0 N–H and O–H groups in total. The SMILES string of the molecule is CN1C(=O)C2(CCc3cc(-c4ccncc4)ccc32)C(=O)N(c2ccccc2)c2cc(C(F)(F)F)ccc21. The average molecular weight is 514 g/mol. The number of likely N-dealkylation sites (N-methyl/N-ethyl adjacent to an activating group) is 1. The summed E-state index contributed by atoms with van der Waals surface area (Å²) in [4.78, 5) is 35.4. The van der Waals surface area contributed by atoms with Gasteiger partial charge in [0, 0.05) is 25.1 Å². The normalized spacial score (nSPS) is 18.9. The van der Waals surface area contributed by atoms with E-state index in [0.29, 0.717) is 17.7 Å². The summed E-state index contributed by atoms with van der Waals surface area (Å²) in [7, 11) is 1.52. The summed E-state index contributed by atoms with van der Waals surface area (Å²) in [5.41, 5.74) is 1.52. The number of hydrogen-bond acceptors (Lipinski definition) is 3. The molecule has 1 unspecified atom stereocenters. The molecule has 0 saturated carbocycles. The first-order valence-electron chi connectivity index (χ1n) is 12.1. The van der Waals surface area contributed by atoms with Crippen molar-refractivity contribution in [3.63, 3.8) is 0 Å². The minimum atomic E-state index is -4.61. The van der Waals surface area contributed by atoms with E-state index in [0.717, 1.165) is 28.8 Å². The zero-order valence-corrected chi connectivity index (χ0v) is 20.4. The minimum Gasteiger partial charge on any atom is -0.312 e. The van der Waals surface area contributed by atoms with E-state index in [1.165, 1.54) is 22.9 Å². The Labute approximate surface area is 217 Å². The van der Waals surface area contributed by atoms with Gasteiger partial charge in [-0.3, -0.25) is 19.5 Å². The minimum absolute atomic E-state index is 0.0191. The van der Waals surface area contributed by atoms with E-state index in [4.69, 9.17) is 0 Å². The predicted molar refractivity (Wildman–Crippen MR) is 138 cm³/mol. The quantitative estimate of drug-likeness (QED) is 0.296. The number of para-hydroxylation sites is 1. The van der Waals surface area contributed by atoms with Crippen LogP contribution in [0.25, 0.3) is 11.1 Å². The molecular formula is C30H22F3N3O2. The van der Waals surface area contributed by atoms with Gasteiger partial charge in [0.15, 0.2) is 5.41 Å². The fourth-order valence-corrected chi connectivity index (χ4v) is 5.63. The van der Waals surface area contributed by atoms with E-state index in [2.05, 4.69) is 4.98 Å². The van der Waals surface area contributed by atoms with Crippen LogP contribution in [-0.2, 0) is 27.6 Å². The van der Waals surface area contributed by atoms with Gasteiger partial charge in [0.2, 0.25) is 5.91 Å². The van der Waals surface area contributed by atoms with Gasteiger partial charge in [-0.05, 0) is 77.6 Å². The number of alkyl halides is 3. The molecule has 1 atom stereocenters. The third-order valence-corrected chi connectivity index (χ3v) is 7.51. The molecule has 0 bridgehead atoms. The number of pyridine rings is 1. The molecule has 5 nitrogen and oxygen atoms in total. The number of carbonyl (C=O) groups excluding carboxylic acids is 2. The number of carbonyl (C=O) groups is 2. The van der Waals surface area contributed by atoms with Crippen LogP contribution in [0.1, 0.15) is 23.1 Å². The number of rotatable bonds is 2. The summed E-state index contributed by atoms with van der Waals surface area (Å²) in [6.45, 7) is 0. The second-order valence-electron chi connectivity index (χ2n) is 9.55. The van der Waals surface area contributed by atoms with E-state index < -0.39 is 29.0 Å². The second kappa shape index (κ2) is 8.55. The Morgan fingerprint density at radius 2 is 1.55 bits per heavy atom. The van der Waals surface area contributed by atoms with Crippen LogP contribution >= 0.6 is 0 Å². The second-order valence-corrected chi connectivity index (χ2v) is 9.55. The summed E-state index contributed by atoms with van der Waals surface area (Å²) in [6.07, 6.45) is -0.528. The van der Waals surface area contributed by atoms with E-state index in [-0.39, 0.29) is 17.8 Å². The number of anilines is 3. The van der Waals surface area contributed by atoms with Crippen molar-refractivity contribution in [1.82, 2.24) is 4.98 Å². The van der Waals surface area contributed by atoms with Crippen molar-refractivity contribution in [1.29, 1.82) is 0 Å². The van der Waals surface area contributed by atoms with E-state index >= 15 is 0 Å². The maximum Gasteiger partial charge on any atom is 0.416 e. The van der Waals surface area contributed by atoms with Crippen molar-refractivity contribution in [2.75, 3.05) is 16.8 Å². The van der Waals surface area contributed by atoms with Crippen molar-refractivity contribution < 1.29 is 22.8 Å². The molecule has 8 heteroatoms. The van der Waals surface area contributed by atoms with Crippen molar-refractivity contribution in [2.45, 2.75) is 24.4 Å². The van der Waals surface area contributed by atoms with Crippen molar-refractivity contribution in [2.24, 2.45) is 0 Å². The van der Waals surface area contributed by atoms with Crippen LogP contribution in [0.3, 0.4) is 0 Å². The van der Waals surface area contributed by atoms with Gasteiger partial charge in [0.1, 0.15) is 0 Å². The molecule has 2 aliphatic rings. The molecule has 0 fully saturated rings. The molecule has 1 spiro atoms. The lowest BCUT2D eigenvalue weighted by Crippen LogP contribution is -2.52. The summed E-state index contributed by atoms with van der Waals surface area (Å²) in [5, 5.41) is 0. The maximum atomic E-state index is 14.6. The van der Waals surface area contributed by atoms with Gasteiger partial charge in [0.25, 0.3) is 5.91 Å². The molecule has 1 aliphatic carbocycles. The van der Waals surface area contributed by atoms with Gasteiger partial charge in [0.05, 0.1) is 16.9 Å². The van der Waals surface area contributed by atoms with Gasteiger partial charge < -0.3 is 4.90 Å². The summed E-state index contributed by atoms with van der Waals surface area (Å²) in [5.74, 6) is -1.02. The standard InChI is InChI=1S/C30H22F3N3O2/c1-35-25-10-8-22(30(31,32)33)18-26(25)36(23-5-3-2-4-6-23)28(38)29(27(35)37)14-11-21-17-20(7-9-24(21)29)19-12-15-34-16-13-19/h2-10,12-13,15-18H,11,14H2,1H3. The number of halogens is 3. The molecule has 3 aromatic carbocycles. The van der Waals surface area contributed by atoms with Crippen LogP contribution in [0.2, 0.25) is 0 Å². The van der Waals surface area contributed by atoms with Crippen molar-refractivity contribution in [3.8, 4) is 11.1 Å². The third kappa shape index (κ3) is 3.51. The lowest BCUT2D eigenvalue weighted by Gasteiger charge is -2.32. The van der Waals surface area contributed by atoms with Gasteiger partial charge in [-0.1, -0.05) is 36.4 Å². The third-order valence-electron chi connectivity index (χ3n) is 7.51. The number of aromatic nitrogens is 1. The number of fused-ring (bicyclic) bond motifs is 3. The molecule has 0 radical (unpaired) electrons. The topological polar surface area (TPSA) is 53.5 Å². The molecule has 2 amide bonds. The highest BCUT2D eigenvalue weighted by Crippen LogP contribution is 2.50. The highest BCUT2D eigenvalue weighted by atomic mass is 19.4. The Kier molecular flexibility index (Phi) is 5.38. The van der Waals surface area contributed by atoms with E-state index in [1.807, 2.05) is 30.3 Å². The van der Waals surface area contributed by atoms with Crippen LogP contribution in [0.15, 0.2) is 91.3 Å². The first-order valence-corrected chi connectivity index (χ1v) is 12.1. The number of aryl methyl sites for hydroxylation is 1. The highest BCUT2D eigenvalue weighted by molar-refractivity contribution is 6.27. The summed E-state index contributed by atoms with van der Waals surface area (Å²) < 4.78 is 41.2. The smallest absolute Gasteiger partial charge is 0.312 e. The molecule has 6 rings (SSSR count). The zero-order valence-electron chi connectivity index (χ0n) is 20.4. The number of nitrogens with zero attached hydrogens (tertiary/aromatic N) is 3. The maximum absolute atomic E-state index is 14.6. The Morgan fingerprint density at radius 1 is 0.816 bits per heavy atom. The molecule has 2 heterocycles. The molecule has 0 saturated heterocycles. The highest BCUT2D eigenvalue weighted by Gasteiger charge is 2.57. The fraction of sp³-hybridized carbons (Fsp3) is 0.167. The lowest BCUT2D eigenvalue weighted by atomic mass is 9.78. The van der Waals surface area contributed by atoms with Gasteiger partial charge in [-0.2, -0.15) is 13.2 Å². The fourth-order valence-electron chi connectivity index (χ4n) is 5.63. The van der Waals surface area contributed by atoms with Gasteiger partial charge >= 0.3 is 6.18 Å². The Bertz CT molecular complexity index is 1570. The van der Waals surface area contributed by atoms with Crippen molar-refractivity contribution >= 4 is 28.9 Å². The summed E-state index contributed by atoms with van der Waals surface area (Å²) >= 11 is 0. The van der Waals surface area contributed by atoms with Crippen LogP contribution < -0.4 is 9.80 Å². The Hall–Kier alpha value is -4.46. The number of amides is 2. The Balaban J connectivity index is 1.57. The largest absolute Gasteiger partial charge is 0.416 e. The monoisotopic (exact) mass is 513 g/mol. The van der Waals surface area contributed by atoms with E-state index in [9.17, 15) is 22.8 Å². The predicted octanol–water partition coefficient (Wildman–Crippen LogP) is 6.29. The number of hydrogen-bond donors (Lipinski definition) is 0. The molecule has 38 heavy (non-hydrogen) atoms. The van der Waals surface area contributed by atoms with Crippen LogP contribution in [-0.4, -0.2) is 23.8 Å². The molecule has 1 aromatic heterocycles. The molecule has 190 valence electrons. The molecule has 1 aliphatic heterocycles. The Morgan fingerprint density at radius 3 is 2.26 bits per heavy atom. The summed E-state index contributed by atoms with van der Waals surface area (Å²) in [6, 6.07) is 21.1. The van der Waals surface area contributed by atoms with E-state index in [1.54, 1.807) is 42.7 Å². The van der Waals surface area contributed by atoms with Crippen molar-refractivity contribution in [3.05, 3.63) is 108 Å². The lowest BCUT2D eigenvalue weighted by molar-refractivity contribution is -0.138. The molecule has 4 aromatic rings. The van der Waals surface area contributed by atoms with Gasteiger partial charge in [-0.25, -0.2) is 0 Å². The first kappa shape index (κ1) is 23.9. The molecular weight excluding hydrogens is 491 g/mol. The van der Waals surface area contributed by atoms with Crippen LogP contribution in [0.4, 0.5) is 30.2 Å². The van der Waals surface area contributed by atoms with Gasteiger partial charge in [-0.15, -0.1) is 0 Å². The van der Waals surface area contributed by atoms with Crippen LogP contribution in [0, 0.1) is 0 Å². The zero-order chi connectivity index (χ0) is 26.7. The first-order chi connectivity index (χ1) is 18.2. The average Bonchev–Trinajstić information content (AvgIpc) is 3.30.